The molecule has 0 aliphatic heterocycles. The summed E-state index contributed by atoms with van der Waals surface area (Å²) < 4.78 is 19.7. The fourth-order valence-electron chi connectivity index (χ4n) is 14.3. The van der Waals surface area contributed by atoms with Crippen LogP contribution in [-0.4, -0.2) is 91.0 Å². The summed E-state index contributed by atoms with van der Waals surface area (Å²) in [5.74, 6) is 1.75. The molecule has 0 saturated carbocycles. The summed E-state index contributed by atoms with van der Waals surface area (Å²) in [6, 6.07) is 92.2. The first-order chi connectivity index (χ1) is 70.2. The molecule has 0 bridgehead atoms. The zero-order valence-electron chi connectivity index (χ0n) is 84.6. The molecule has 35 heteroatoms. The third kappa shape index (κ3) is 32.0. The number of aromatic hydroxyl groups is 1. The summed E-state index contributed by atoms with van der Waals surface area (Å²) in [5, 5.41) is 104. The van der Waals surface area contributed by atoms with Crippen molar-refractivity contribution in [2.45, 2.75) is 33.6 Å². The number of rotatable bonds is 27. The van der Waals surface area contributed by atoms with E-state index < -0.39 is 0 Å². The number of nitrogens with one attached hydrogen (secondary N) is 1. The van der Waals surface area contributed by atoms with Crippen LogP contribution in [-0.2, 0) is 83.2 Å². The maximum Gasteiger partial charge on any atom is 0.421 e. The van der Waals surface area contributed by atoms with Crippen molar-refractivity contribution >= 4 is 167 Å². The maximum atomic E-state index is 9.98. The van der Waals surface area contributed by atoms with Gasteiger partial charge in [0.05, 0.1) is 118 Å². The van der Waals surface area contributed by atoms with Crippen LogP contribution < -0.4 is 62.6 Å². The molecule has 7 heterocycles. The molecule has 0 radical (unpaired) electrons. The Bertz CT molecular complexity index is 7380. The second-order valence-corrected chi connectivity index (χ2v) is 35.7. The highest BCUT2D eigenvalue weighted by Gasteiger charge is 2.21. The molecule has 18 rings (SSSR count). The van der Waals surface area contributed by atoms with Crippen LogP contribution in [0.5, 0.6) is 5.75 Å². The molecule has 145 heavy (non-hydrogen) atoms. The zero-order valence-corrected chi connectivity index (χ0v) is 86.2. The van der Waals surface area contributed by atoms with E-state index in [9.17, 15) is 15.3 Å². The Morgan fingerprint density at radius 1 is 0.366 bits per heavy atom. The number of aliphatic hydroxyl groups excluding tert-OH is 3. The lowest BCUT2D eigenvalue weighted by atomic mass is 10.1. The number of aromatic nitrogens is 9. The number of aryl methyl sites for hydroxylation is 9. The molecule has 7 N–H and O–H groups in total. The number of nitrogen functional groups attached to an aromatic ring is 1. The summed E-state index contributed by atoms with van der Waals surface area (Å²) >= 11 is 3.12. The average Bonchev–Trinajstić information content (AvgIpc) is 1.79. The summed E-state index contributed by atoms with van der Waals surface area (Å²) in [6.45, 7) is 7.71. The van der Waals surface area contributed by atoms with Crippen LogP contribution in [0.3, 0.4) is 0 Å². The predicted molar refractivity (Wildman–Crippen MR) is 578 cm³/mol. The van der Waals surface area contributed by atoms with Crippen molar-refractivity contribution in [3.63, 3.8) is 0 Å². The highest BCUT2D eigenvalue weighted by atomic mass is 32.1. The summed E-state index contributed by atoms with van der Waals surface area (Å²) in [7, 11) is 27.5. The Morgan fingerprint density at radius 3 is 1.12 bits per heavy atom. The van der Waals surface area contributed by atoms with Gasteiger partial charge in [-0.1, -0.05) is 83.0 Å². The van der Waals surface area contributed by atoms with Gasteiger partial charge in [0.15, 0.2) is 37.2 Å². The van der Waals surface area contributed by atoms with Crippen molar-refractivity contribution in [3.8, 4) is 5.75 Å². The standard InChI is InChI=1S/C24H25N4OS.C19H23N4O2S.C16H13N3O.C14H17N4.C13H18N5.C12H15N5.C12H13N4/c1-3-28(16-18-7-5-4-6-8-18)21-12-10-20(11-13-21)25-26-24-27(2)22-14-9-19(17-29)15-23(22)30-24;1-3-23(10-11-24)16-7-5-15(6-8-16)20-21-19-22(2)17-9-4-14(13-25)12-18(17)26-19;1-19-10-4-6-13(11-19)17-18-16-14-7-3-2-5-12(14)8-9-15(16)20;1-17(2)14-8-6-12(7-9-14)15-16-13-5-4-10-18(3)11-13;1-16(2)12-7-5-11(6-8-12)14-15-13-17(3)9-10-18(13)4;1-13-10-4-6-11(7-5-10)14-15-12-16(2)8-9-17(12)3;1-16-8-2-3-12(9-16)15-14-11-6-4-10(13)5-7-11/h4-15,29H,3,16-17H2,1-2H3;4-9,12,24-25H,3,10-11,13H2,1-2H3;2-11H,1H3;4-11H,1-3H3;5-10H,1-4H3;4-9H,1-3H3;2-9H,13H2,1H3/q2*+1;;2*+1;;+1/p+2. The van der Waals surface area contributed by atoms with Crippen LogP contribution in [0.25, 0.3) is 31.2 Å². The number of likely N-dealkylation sites (N-methyl/N-ethyl adjacent to an activating group) is 1. The normalized spacial score (nSPS) is 11.2. The van der Waals surface area contributed by atoms with E-state index in [-0.39, 0.29) is 25.6 Å². The Morgan fingerprint density at radius 2 is 0.738 bits per heavy atom. The topological polar surface area (TPSA) is 342 Å². The molecular weight excluding hydrogens is 1860 g/mol. The van der Waals surface area contributed by atoms with Crippen LogP contribution in [0.15, 0.2) is 419 Å². The molecule has 11 aromatic carbocycles. The number of nitrogens with two attached hydrogens (primary N) is 1. The number of pyridine rings is 3. The van der Waals surface area contributed by atoms with Crippen molar-refractivity contribution in [1.29, 1.82) is 0 Å². The number of hydrogen-bond donors (Lipinski definition) is 6. The Labute approximate surface area is 853 Å². The third-order valence-corrected chi connectivity index (χ3v) is 24.6. The SMILES string of the molecule is CCN(CCO)c1ccc(N=Nc2sc3cc(CO)ccc3[n+]2C)cc1.CCN(Cc1ccccc1)c1ccc(N=Nc2sc3cc(CO)ccc3[n+]2C)cc1.CN(C)c1ccc(N=Nc2ccc[n+](C)c2)cc1.CN(C)c1ccc(N=Nc2n(C)cc[n+]2C)cc1.CNc1ccc(N=Nc2n(C)cc[n+]2C)cc1.C[n+]1cccc(N=Nc2c(O)ccc3ccccc23)c1.C[n+]1cccc(N=Nc2ccc(N)cc2)c1. The molecule has 740 valence electrons. The van der Waals surface area contributed by atoms with E-state index in [1.165, 1.54) is 11.3 Å². The van der Waals surface area contributed by atoms with Crippen molar-refractivity contribution < 1.29 is 52.4 Å². The number of imidazole rings is 2. The molecule has 7 aromatic heterocycles. The van der Waals surface area contributed by atoms with Gasteiger partial charge in [0.25, 0.3) is 0 Å². The van der Waals surface area contributed by atoms with Crippen molar-refractivity contribution in [2.75, 3.05) is 92.1 Å². The Kier molecular flexibility index (Phi) is 39.9. The predicted octanol–water partition coefficient (Wildman–Crippen LogP) is 23.0. The fourth-order valence-corrected chi connectivity index (χ4v) is 16.4. The van der Waals surface area contributed by atoms with Gasteiger partial charge in [0.2, 0.25) is 0 Å². The smallest absolute Gasteiger partial charge is 0.421 e. The first kappa shape index (κ1) is 107. The van der Waals surface area contributed by atoms with Crippen LogP contribution in [0.2, 0.25) is 0 Å². The lowest BCUT2D eigenvalue weighted by molar-refractivity contribution is -0.671. The van der Waals surface area contributed by atoms with E-state index in [2.05, 4.69) is 147 Å². The largest absolute Gasteiger partial charge is 0.506 e. The van der Waals surface area contributed by atoms with Gasteiger partial charge >= 0.3 is 22.2 Å². The zero-order chi connectivity index (χ0) is 103. The quantitative estimate of drug-likeness (QED) is 0.0160. The van der Waals surface area contributed by atoms with Crippen LogP contribution in [0, 0.1) is 0 Å². The summed E-state index contributed by atoms with van der Waals surface area (Å²) in [5.41, 5.74) is 25.0. The molecule has 18 aromatic rings. The van der Waals surface area contributed by atoms with Gasteiger partial charge in [-0.25, -0.2) is 41.1 Å². The first-order valence-electron chi connectivity index (χ1n) is 46.8. The number of phenolic OH excluding ortho intramolecular Hbond substituents is 1. The molecule has 0 aliphatic rings. The van der Waals surface area contributed by atoms with Crippen molar-refractivity contribution in [1.82, 2.24) is 9.13 Å². The number of nitrogens with zero attached hydrogens (tertiary/aromatic N) is 27. The fraction of sp³-hybridized carbons (Fsp3) is 0.209. The first-order valence-corrected chi connectivity index (χ1v) is 48.5. The van der Waals surface area contributed by atoms with E-state index >= 15 is 0 Å². The highest BCUT2D eigenvalue weighted by molar-refractivity contribution is 7.21. The number of aliphatic hydroxyl groups is 3. The second-order valence-electron chi connectivity index (χ2n) is 33.7. The van der Waals surface area contributed by atoms with Gasteiger partial charge in [0, 0.05) is 129 Å². The number of anilines is 6. The molecular formula is C110H126N29O4S2+7. The molecule has 0 atom stereocenters. The van der Waals surface area contributed by atoms with E-state index in [1.807, 2.05) is 432 Å². The highest BCUT2D eigenvalue weighted by Crippen LogP contribution is 2.38. The second kappa shape index (κ2) is 54.1. The van der Waals surface area contributed by atoms with Crippen molar-refractivity contribution in [2.24, 2.45) is 135 Å². The number of fused-ring (bicyclic) bond motifs is 3. The molecule has 0 fully saturated rings. The van der Waals surface area contributed by atoms with Crippen LogP contribution in [0.4, 0.5) is 113 Å². The number of azo groups is 7. The lowest BCUT2D eigenvalue weighted by Crippen LogP contribution is -2.25. The number of thiazole rings is 2. The van der Waals surface area contributed by atoms with E-state index in [4.69, 9.17) is 10.8 Å². The average molecular weight is 1980 g/mol. The third-order valence-electron chi connectivity index (χ3n) is 22.5. The van der Waals surface area contributed by atoms with E-state index in [1.54, 1.807) is 40.9 Å². The Balaban J connectivity index is 0.000000152. The van der Waals surface area contributed by atoms with Gasteiger partial charge in [0.1, 0.15) is 83.4 Å². The van der Waals surface area contributed by atoms with Crippen molar-refractivity contribution in [3.05, 3.63) is 364 Å². The van der Waals surface area contributed by atoms with Gasteiger partial charge < -0.3 is 51.1 Å². The minimum absolute atomic E-state index is 0.0335. The molecule has 33 nitrogen and oxygen atoms in total. The number of benzene rings is 11. The molecule has 0 aliphatic carbocycles. The molecule has 0 amide bonds. The Hall–Kier alpha value is -17.0. The minimum Gasteiger partial charge on any atom is -0.506 e. The summed E-state index contributed by atoms with van der Waals surface area (Å²) in [6.07, 6.45) is 19.3. The minimum atomic E-state index is 0.0335. The van der Waals surface area contributed by atoms with Gasteiger partial charge in [-0.05, 0) is 263 Å². The van der Waals surface area contributed by atoms with E-state index in [0.29, 0.717) is 12.2 Å². The lowest BCUT2D eigenvalue weighted by Gasteiger charge is -2.23. The maximum absolute atomic E-state index is 9.98. The van der Waals surface area contributed by atoms with E-state index in [0.717, 1.165) is 164 Å². The van der Waals surface area contributed by atoms with Gasteiger partial charge in [-0.3, -0.25) is 0 Å². The van der Waals surface area contributed by atoms with Gasteiger partial charge in [-0.15, -0.1) is 20.5 Å². The summed E-state index contributed by atoms with van der Waals surface area (Å²) in [4.78, 5) is 8.54. The van der Waals surface area contributed by atoms with Gasteiger partial charge in [-0.2, -0.15) is 10.2 Å². The number of hydrogen-bond acceptors (Lipinski definition) is 26. The van der Waals surface area contributed by atoms with Crippen LogP contribution >= 0.6 is 22.7 Å². The molecule has 0 saturated heterocycles. The monoisotopic (exact) mass is 1980 g/mol. The van der Waals surface area contributed by atoms with Crippen LogP contribution in [0.1, 0.15) is 30.5 Å². The molecule has 0 spiro atoms. The molecule has 0 unspecified atom stereocenters. The number of phenols is 1.